The molecule has 2 rings (SSSR count). The summed E-state index contributed by atoms with van der Waals surface area (Å²) in [5.41, 5.74) is 2.77. The molecule has 0 amide bonds. The summed E-state index contributed by atoms with van der Waals surface area (Å²) in [6, 6.07) is 0. The Morgan fingerprint density at radius 3 is 2.49 bits per heavy atom. The number of rotatable bonds is 10. The van der Waals surface area contributed by atoms with Crippen LogP contribution in [0.25, 0.3) is 0 Å². The molecule has 198 valence electrons. The largest absolute Gasteiger partial charge is 0.396 e. The van der Waals surface area contributed by atoms with Gasteiger partial charge in [-0.2, -0.15) is 0 Å². The van der Waals surface area contributed by atoms with Crippen molar-refractivity contribution >= 4 is 6.29 Å². The second-order valence-corrected chi connectivity index (χ2v) is 12.1. The van der Waals surface area contributed by atoms with Crippen LogP contribution < -0.4 is 0 Å². The minimum Gasteiger partial charge on any atom is -0.396 e. The van der Waals surface area contributed by atoms with Crippen LogP contribution in [-0.4, -0.2) is 40.4 Å². The number of allylic oxidation sites excluding steroid dienone is 8. The molecular weight excluding hydrogens is 436 g/mol. The van der Waals surface area contributed by atoms with Gasteiger partial charge in [0.2, 0.25) is 0 Å². The zero-order valence-electron chi connectivity index (χ0n) is 23.2. The molecule has 1 fully saturated rings. The number of carbonyl (C=O) groups excluding carboxylic acids is 1. The number of carbonyl (C=O) groups is 1. The van der Waals surface area contributed by atoms with Crippen LogP contribution in [0, 0.1) is 28.6 Å². The maximum absolute atomic E-state index is 11.6. The summed E-state index contributed by atoms with van der Waals surface area (Å²) < 4.78 is 0. The van der Waals surface area contributed by atoms with Gasteiger partial charge in [0.05, 0.1) is 12.2 Å². The maximum Gasteiger partial charge on any atom is 0.145 e. The third-order valence-electron chi connectivity index (χ3n) is 9.62. The van der Waals surface area contributed by atoms with Gasteiger partial charge in [0.25, 0.3) is 0 Å². The van der Waals surface area contributed by atoms with Gasteiger partial charge >= 0.3 is 0 Å². The van der Waals surface area contributed by atoms with Crippen LogP contribution in [0.2, 0.25) is 0 Å². The van der Waals surface area contributed by atoms with Crippen molar-refractivity contribution in [1.82, 2.24) is 0 Å². The second kappa shape index (κ2) is 12.2. The minimum absolute atomic E-state index is 0.0569. The third kappa shape index (κ3) is 6.26. The van der Waals surface area contributed by atoms with Gasteiger partial charge in [0.15, 0.2) is 0 Å². The Morgan fingerprint density at radius 2 is 1.89 bits per heavy atom. The quantitative estimate of drug-likeness (QED) is 0.146. The predicted octanol–water partition coefficient (Wildman–Crippen LogP) is 6.33. The van der Waals surface area contributed by atoms with Crippen molar-refractivity contribution in [2.45, 2.75) is 99.0 Å². The summed E-state index contributed by atoms with van der Waals surface area (Å²) in [5.74, 6) is 0.922. The Morgan fingerprint density at radius 1 is 1.20 bits per heavy atom. The van der Waals surface area contributed by atoms with Crippen molar-refractivity contribution in [3.8, 4) is 0 Å². The molecule has 0 aromatic carbocycles. The van der Waals surface area contributed by atoms with Gasteiger partial charge in [-0.1, -0.05) is 61.8 Å². The highest BCUT2D eigenvalue weighted by Gasteiger charge is 2.55. The van der Waals surface area contributed by atoms with E-state index in [0.29, 0.717) is 49.5 Å². The smallest absolute Gasteiger partial charge is 0.145 e. The fourth-order valence-electron chi connectivity index (χ4n) is 6.57. The van der Waals surface area contributed by atoms with Crippen LogP contribution in [0.5, 0.6) is 0 Å². The van der Waals surface area contributed by atoms with E-state index < -0.39 is 11.0 Å². The molecule has 5 atom stereocenters. The van der Waals surface area contributed by atoms with Crippen LogP contribution in [0.4, 0.5) is 0 Å². The van der Waals surface area contributed by atoms with Gasteiger partial charge in [0, 0.05) is 17.9 Å². The third-order valence-corrected chi connectivity index (χ3v) is 9.62. The molecule has 0 aromatic rings. The zero-order valence-corrected chi connectivity index (χ0v) is 23.2. The summed E-state index contributed by atoms with van der Waals surface area (Å²) in [7, 11) is 0. The van der Waals surface area contributed by atoms with E-state index in [4.69, 9.17) is 0 Å². The molecule has 0 heterocycles. The van der Waals surface area contributed by atoms with E-state index in [1.165, 1.54) is 11.1 Å². The Balaban J connectivity index is 2.28. The molecule has 0 aliphatic heterocycles. The lowest BCUT2D eigenvalue weighted by atomic mass is 9.53. The first-order valence-corrected chi connectivity index (χ1v) is 13.5. The van der Waals surface area contributed by atoms with E-state index in [1.54, 1.807) is 0 Å². The molecule has 1 unspecified atom stereocenters. The van der Waals surface area contributed by atoms with Crippen molar-refractivity contribution in [2.75, 3.05) is 13.2 Å². The van der Waals surface area contributed by atoms with Crippen molar-refractivity contribution in [3.63, 3.8) is 0 Å². The summed E-state index contributed by atoms with van der Waals surface area (Å²) in [6.07, 6.45) is 14.9. The standard InChI is InChI=1S/C31H50O4/c1-22(12-15-27-23(2)13-14-25(4)29(27,5)6)10-8-17-31(21-34)28(11-9-19-32)26(24(3)20-33)16-18-30(31,7)35/h10,12-13,15,20,25,27-28,32,34-35H,8-9,11,14,16-19,21H2,1-7H3/b15-12+,22-10-,26-24-/t25-,27+,28+,30?,31+/m0/s1. The fraction of sp³-hybridized carbons (Fsp3) is 0.710. The molecule has 2 aliphatic rings. The Labute approximate surface area is 213 Å². The van der Waals surface area contributed by atoms with Crippen LogP contribution in [-0.2, 0) is 4.79 Å². The molecule has 0 aromatic heterocycles. The summed E-state index contributed by atoms with van der Waals surface area (Å²) >= 11 is 0. The second-order valence-electron chi connectivity index (χ2n) is 12.1. The Bertz CT molecular complexity index is 857. The molecular formula is C31H50O4. The molecule has 4 nitrogen and oxygen atoms in total. The van der Waals surface area contributed by atoms with Crippen LogP contribution in [0.3, 0.4) is 0 Å². The van der Waals surface area contributed by atoms with Gasteiger partial charge in [-0.3, -0.25) is 4.79 Å². The molecule has 2 aliphatic carbocycles. The highest BCUT2D eigenvalue weighted by atomic mass is 16.3. The summed E-state index contributed by atoms with van der Waals surface area (Å²) in [5, 5.41) is 31.7. The lowest BCUT2D eigenvalue weighted by Crippen LogP contribution is -2.56. The number of aliphatic hydroxyl groups is 3. The molecule has 0 radical (unpaired) electrons. The average Bonchev–Trinajstić information content (AvgIpc) is 2.80. The molecule has 0 spiro atoms. The zero-order chi connectivity index (χ0) is 26.4. The van der Waals surface area contributed by atoms with Crippen LogP contribution in [0.1, 0.15) is 93.4 Å². The topological polar surface area (TPSA) is 77.8 Å². The van der Waals surface area contributed by atoms with Gasteiger partial charge in [-0.25, -0.2) is 0 Å². The van der Waals surface area contributed by atoms with E-state index in [9.17, 15) is 20.1 Å². The number of aliphatic hydroxyl groups excluding tert-OH is 2. The van der Waals surface area contributed by atoms with E-state index in [0.717, 1.165) is 24.7 Å². The Kier molecular flexibility index (Phi) is 10.3. The van der Waals surface area contributed by atoms with Gasteiger partial charge in [0.1, 0.15) is 6.29 Å². The van der Waals surface area contributed by atoms with Gasteiger partial charge in [-0.05, 0) is 95.5 Å². The van der Waals surface area contributed by atoms with Crippen molar-refractivity contribution < 1.29 is 20.1 Å². The highest BCUT2D eigenvalue weighted by molar-refractivity contribution is 5.74. The maximum atomic E-state index is 11.6. The summed E-state index contributed by atoms with van der Waals surface area (Å²) in [4.78, 5) is 11.6. The fourth-order valence-corrected chi connectivity index (χ4v) is 6.57. The molecule has 35 heavy (non-hydrogen) atoms. The first-order chi connectivity index (χ1) is 16.4. The van der Waals surface area contributed by atoms with Crippen molar-refractivity contribution in [3.05, 3.63) is 46.6 Å². The molecule has 4 heteroatoms. The lowest BCUT2D eigenvalue weighted by Gasteiger charge is -2.54. The molecule has 1 saturated carbocycles. The highest BCUT2D eigenvalue weighted by Crippen LogP contribution is 2.55. The average molecular weight is 487 g/mol. The lowest BCUT2D eigenvalue weighted by molar-refractivity contribution is -0.146. The number of aldehydes is 1. The van der Waals surface area contributed by atoms with E-state index >= 15 is 0 Å². The van der Waals surface area contributed by atoms with E-state index in [1.807, 2.05) is 13.8 Å². The first-order valence-electron chi connectivity index (χ1n) is 13.5. The minimum atomic E-state index is -1.05. The monoisotopic (exact) mass is 486 g/mol. The van der Waals surface area contributed by atoms with Gasteiger partial charge in [-0.15, -0.1) is 0 Å². The SMILES string of the molecule is CC1=CC[C@H](C)C(C)(C)[C@@H]1/C=C/C(C)=C\CC[C@@]1(CO)[C@H](CCCO)/C(=C(/C)C=O)CCC1(C)O. The van der Waals surface area contributed by atoms with Crippen molar-refractivity contribution in [1.29, 1.82) is 0 Å². The van der Waals surface area contributed by atoms with Crippen molar-refractivity contribution in [2.24, 2.45) is 28.6 Å². The van der Waals surface area contributed by atoms with Gasteiger partial charge < -0.3 is 15.3 Å². The normalized spacial score (nSPS) is 35.2. The number of hydrogen-bond acceptors (Lipinski definition) is 4. The molecule has 0 saturated heterocycles. The summed E-state index contributed by atoms with van der Waals surface area (Å²) in [6.45, 7) is 15.0. The Hall–Kier alpha value is -1.49. The van der Waals surface area contributed by atoms with Crippen LogP contribution >= 0.6 is 0 Å². The van der Waals surface area contributed by atoms with Crippen LogP contribution in [0.15, 0.2) is 46.6 Å². The van der Waals surface area contributed by atoms with E-state index in [-0.39, 0.29) is 24.5 Å². The molecule has 3 N–H and O–H groups in total. The first kappa shape index (κ1) is 29.7. The number of hydrogen-bond donors (Lipinski definition) is 3. The van der Waals surface area contributed by atoms with E-state index in [2.05, 4.69) is 58.9 Å². The predicted molar refractivity (Wildman–Crippen MR) is 145 cm³/mol. The molecule has 0 bridgehead atoms.